The van der Waals surface area contributed by atoms with Crippen LogP contribution >= 0.6 is 11.6 Å². The van der Waals surface area contributed by atoms with Gasteiger partial charge in [0.2, 0.25) is 0 Å². The van der Waals surface area contributed by atoms with Gasteiger partial charge in [-0.05, 0) is 19.3 Å². The van der Waals surface area contributed by atoms with E-state index in [0.29, 0.717) is 6.42 Å². The molecule has 0 aromatic heterocycles. The van der Waals surface area contributed by atoms with Crippen LogP contribution in [-0.4, -0.2) is 16.5 Å². The molecule has 0 radical (unpaired) electrons. The van der Waals surface area contributed by atoms with Gasteiger partial charge in [-0.25, -0.2) is 0 Å². The Bertz CT molecular complexity index is 137. The van der Waals surface area contributed by atoms with Gasteiger partial charge in [-0.1, -0.05) is 26.2 Å². The first-order chi connectivity index (χ1) is 6.16. The summed E-state index contributed by atoms with van der Waals surface area (Å²) in [7, 11) is 0. The van der Waals surface area contributed by atoms with Gasteiger partial charge >= 0.3 is 5.97 Å². The maximum atomic E-state index is 10.2. The summed E-state index contributed by atoms with van der Waals surface area (Å²) in [5.41, 5.74) is 0. The molecule has 78 valence electrons. The van der Waals surface area contributed by atoms with E-state index in [1.54, 1.807) is 0 Å². The molecule has 0 spiro atoms. The maximum absolute atomic E-state index is 10.2. The van der Waals surface area contributed by atoms with E-state index in [1.807, 2.05) is 0 Å². The van der Waals surface area contributed by atoms with E-state index in [0.717, 1.165) is 19.3 Å². The van der Waals surface area contributed by atoms with Gasteiger partial charge in [0.1, 0.15) is 0 Å². The highest BCUT2D eigenvalue weighted by Gasteiger charge is 2.05. The van der Waals surface area contributed by atoms with Crippen LogP contribution in [0, 0.1) is 0 Å². The van der Waals surface area contributed by atoms with Crippen LogP contribution in [0.4, 0.5) is 0 Å². The van der Waals surface area contributed by atoms with Crippen LogP contribution in [0.2, 0.25) is 0 Å². The number of rotatable bonds is 8. The Morgan fingerprint density at radius 2 is 1.92 bits per heavy atom. The summed E-state index contributed by atoms with van der Waals surface area (Å²) >= 11 is 6.01. The molecule has 1 atom stereocenters. The lowest BCUT2D eigenvalue weighted by Gasteiger charge is -2.07. The molecule has 0 aliphatic carbocycles. The summed E-state index contributed by atoms with van der Waals surface area (Å²) in [5.74, 6) is -0.725. The number of alkyl halides is 1. The number of halogens is 1. The molecule has 0 aliphatic heterocycles. The molecule has 0 rings (SSSR count). The van der Waals surface area contributed by atoms with Crippen LogP contribution in [0.5, 0.6) is 0 Å². The van der Waals surface area contributed by atoms with Gasteiger partial charge in [0, 0.05) is 11.8 Å². The van der Waals surface area contributed by atoms with Gasteiger partial charge in [0.15, 0.2) is 0 Å². The number of hydrogen-bond donors (Lipinski definition) is 1. The zero-order valence-electron chi connectivity index (χ0n) is 8.26. The lowest BCUT2D eigenvalue weighted by molar-refractivity contribution is -0.137. The Morgan fingerprint density at radius 1 is 1.31 bits per heavy atom. The minimum Gasteiger partial charge on any atom is -0.481 e. The molecule has 2 nitrogen and oxygen atoms in total. The fourth-order valence-corrected chi connectivity index (χ4v) is 1.54. The minimum atomic E-state index is -0.725. The molecule has 0 saturated heterocycles. The van der Waals surface area contributed by atoms with Crippen molar-refractivity contribution in [3.8, 4) is 0 Å². The van der Waals surface area contributed by atoms with Crippen molar-refractivity contribution >= 4 is 17.6 Å². The van der Waals surface area contributed by atoms with Crippen LogP contribution in [0.25, 0.3) is 0 Å². The highest BCUT2D eigenvalue weighted by molar-refractivity contribution is 6.20. The molecular weight excluding hydrogens is 188 g/mol. The molecule has 0 bridgehead atoms. The Hall–Kier alpha value is -0.240. The van der Waals surface area contributed by atoms with Crippen LogP contribution in [-0.2, 0) is 4.79 Å². The summed E-state index contributed by atoms with van der Waals surface area (Å²) < 4.78 is 0. The van der Waals surface area contributed by atoms with E-state index in [1.165, 1.54) is 12.8 Å². The van der Waals surface area contributed by atoms with Crippen LogP contribution in [0.1, 0.15) is 51.9 Å². The smallest absolute Gasteiger partial charge is 0.303 e. The maximum Gasteiger partial charge on any atom is 0.303 e. The Balaban J connectivity index is 3.19. The Kier molecular flexibility index (Phi) is 8.21. The standard InChI is InChI=1S/C10H19ClO2/c1-2-3-4-6-9(11)7-5-8-10(12)13/h9H,2-8H2,1H3,(H,12,13). The SMILES string of the molecule is CCCCCC(Cl)CCCC(=O)O. The van der Waals surface area contributed by atoms with Gasteiger partial charge in [-0.2, -0.15) is 0 Å². The lowest BCUT2D eigenvalue weighted by atomic mass is 10.1. The van der Waals surface area contributed by atoms with Crippen LogP contribution < -0.4 is 0 Å². The van der Waals surface area contributed by atoms with Crippen molar-refractivity contribution in [2.75, 3.05) is 0 Å². The molecule has 1 unspecified atom stereocenters. The zero-order chi connectivity index (χ0) is 10.1. The third-order valence-electron chi connectivity index (χ3n) is 2.03. The predicted octanol–water partition coefficient (Wildman–Crippen LogP) is 3.43. The number of carbonyl (C=O) groups is 1. The normalized spacial score (nSPS) is 12.8. The molecule has 0 amide bonds. The molecule has 0 fully saturated rings. The van der Waals surface area contributed by atoms with E-state index >= 15 is 0 Å². The van der Waals surface area contributed by atoms with Crippen molar-refractivity contribution < 1.29 is 9.90 Å². The first-order valence-electron chi connectivity index (χ1n) is 5.02. The van der Waals surface area contributed by atoms with Crippen molar-refractivity contribution in [3.05, 3.63) is 0 Å². The monoisotopic (exact) mass is 206 g/mol. The second-order valence-electron chi connectivity index (χ2n) is 3.38. The molecule has 1 N–H and O–H groups in total. The van der Waals surface area contributed by atoms with Crippen molar-refractivity contribution in [2.24, 2.45) is 0 Å². The summed E-state index contributed by atoms with van der Waals surface area (Å²) in [6, 6.07) is 0. The van der Waals surface area contributed by atoms with Crippen molar-refractivity contribution in [3.63, 3.8) is 0 Å². The summed E-state index contributed by atoms with van der Waals surface area (Å²) in [6.07, 6.45) is 6.40. The zero-order valence-corrected chi connectivity index (χ0v) is 9.02. The number of hydrogen-bond acceptors (Lipinski definition) is 1. The number of unbranched alkanes of at least 4 members (excludes halogenated alkanes) is 2. The fourth-order valence-electron chi connectivity index (χ4n) is 1.23. The third-order valence-corrected chi connectivity index (χ3v) is 2.47. The minimum absolute atomic E-state index is 0.172. The highest BCUT2D eigenvalue weighted by atomic mass is 35.5. The summed E-state index contributed by atoms with van der Waals surface area (Å²) in [6.45, 7) is 2.16. The van der Waals surface area contributed by atoms with Crippen molar-refractivity contribution in [2.45, 2.75) is 57.2 Å². The first kappa shape index (κ1) is 12.8. The molecule has 0 aromatic carbocycles. The van der Waals surface area contributed by atoms with E-state index in [9.17, 15) is 4.79 Å². The number of carboxylic acids is 1. The molecular formula is C10H19ClO2. The molecule has 13 heavy (non-hydrogen) atoms. The van der Waals surface area contributed by atoms with Gasteiger partial charge in [0.05, 0.1) is 0 Å². The van der Waals surface area contributed by atoms with E-state index in [4.69, 9.17) is 16.7 Å². The van der Waals surface area contributed by atoms with Crippen LogP contribution in [0.15, 0.2) is 0 Å². The topological polar surface area (TPSA) is 37.3 Å². The van der Waals surface area contributed by atoms with E-state index in [-0.39, 0.29) is 11.8 Å². The Morgan fingerprint density at radius 3 is 2.46 bits per heavy atom. The van der Waals surface area contributed by atoms with Crippen molar-refractivity contribution in [1.82, 2.24) is 0 Å². The molecule has 3 heteroatoms. The molecule has 0 aromatic rings. The van der Waals surface area contributed by atoms with Crippen LogP contribution in [0.3, 0.4) is 0 Å². The van der Waals surface area contributed by atoms with Crippen molar-refractivity contribution in [1.29, 1.82) is 0 Å². The summed E-state index contributed by atoms with van der Waals surface area (Å²) in [5, 5.41) is 8.57. The first-order valence-corrected chi connectivity index (χ1v) is 5.46. The highest BCUT2D eigenvalue weighted by Crippen LogP contribution is 2.15. The quantitative estimate of drug-likeness (QED) is 0.488. The fraction of sp³-hybridized carbons (Fsp3) is 0.900. The average molecular weight is 207 g/mol. The third kappa shape index (κ3) is 9.68. The second kappa shape index (κ2) is 8.36. The van der Waals surface area contributed by atoms with E-state index < -0.39 is 5.97 Å². The molecule has 0 aliphatic rings. The van der Waals surface area contributed by atoms with Gasteiger partial charge in [-0.15, -0.1) is 11.6 Å². The average Bonchev–Trinajstić information content (AvgIpc) is 2.04. The lowest BCUT2D eigenvalue weighted by Crippen LogP contribution is -2.01. The van der Waals surface area contributed by atoms with Gasteiger partial charge < -0.3 is 5.11 Å². The van der Waals surface area contributed by atoms with Gasteiger partial charge in [0.25, 0.3) is 0 Å². The summed E-state index contributed by atoms with van der Waals surface area (Å²) in [4.78, 5) is 10.2. The number of carboxylic acid groups (broad SMARTS) is 1. The van der Waals surface area contributed by atoms with Gasteiger partial charge in [-0.3, -0.25) is 4.79 Å². The number of aliphatic carboxylic acids is 1. The molecule has 0 saturated carbocycles. The van der Waals surface area contributed by atoms with E-state index in [2.05, 4.69) is 6.92 Å². The predicted molar refractivity (Wildman–Crippen MR) is 55.3 cm³/mol. The second-order valence-corrected chi connectivity index (χ2v) is 4.00. The Labute approximate surface area is 85.3 Å². The largest absolute Gasteiger partial charge is 0.481 e. The molecule has 0 heterocycles.